The molecule has 1 N–H and O–H groups in total. The average molecular weight is 332 g/mol. The molecule has 2 fully saturated rings. The van der Waals surface area contributed by atoms with Crippen LogP contribution in [0.5, 0.6) is 0 Å². The first-order valence-electron chi connectivity index (χ1n) is 8.98. The lowest BCUT2D eigenvalue weighted by molar-refractivity contribution is 0.00359. The Balaban J connectivity index is 1.56. The van der Waals surface area contributed by atoms with Crippen molar-refractivity contribution in [1.29, 1.82) is 0 Å². The van der Waals surface area contributed by atoms with Crippen molar-refractivity contribution < 1.29 is 14.6 Å². The summed E-state index contributed by atoms with van der Waals surface area (Å²) < 4.78 is 5.40. The number of likely N-dealkylation sites (tertiary alicyclic amines) is 1. The van der Waals surface area contributed by atoms with E-state index in [1.54, 1.807) is 0 Å². The van der Waals surface area contributed by atoms with Crippen molar-refractivity contribution in [2.24, 2.45) is 5.92 Å². The Bertz CT molecular complexity index is 538. The van der Waals surface area contributed by atoms with E-state index in [4.69, 9.17) is 4.74 Å². The lowest BCUT2D eigenvalue weighted by Crippen LogP contribution is -2.47. The number of hydrogen-bond donors (Lipinski definition) is 1. The summed E-state index contributed by atoms with van der Waals surface area (Å²) in [6, 6.07) is 8.16. The lowest BCUT2D eigenvalue weighted by atomic mass is 9.97. The van der Waals surface area contributed by atoms with Crippen LogP contribution in [0.15, 0.2) is 24.3 Å². The topological polar surface area (TPSA) is 53.0 Å². The highest BCUT2D eigenvalue weighted by Gasteiger charge is 2.24. The van der Waals surface area contributed by atoms with Gasteiger partial charge < -0.3 is 14.7 Å². The molecule has 0 radical (unpaired) electrons. The number of rotatable bonds is 4. The minimum Gasteiger partial charge on any atom is -0.396 e. The van der Waals surface area contributed by atoms with Gasteiger partial charge in [0, 0.05) is 25.3 Å². The van der Waals surface area contributed by atoms with E-state index >= 15 is 0 Å². The molecule has 1 atom stereocenters. The first-order chi connectivity index (χ1) is 11.7. The average Bonchev–Trinajstić information content (AvgIpc) is 2.63. The van der Waals surface area contributed by atoms with E-state index in [2.05, 4.69) is 17.0 Å². The number of ether oxygens (including phenoxy) is 1. The maximum atomic E-state index is 12.6. The van der Waals surface area contributed by atoms with Gasteiger partial charge in [0.05, 0.1) is 19.3 Å². The van der Waals surface area contributed by atoms with Gasteiger partial charge in [0.25, 0.3) is 5.91 Å². The zero-order valence-corrected chi connectivity index (χ0v) is 14.5. The van der Waals surface area contributed by atoms with Gasteiger partial charge in [0.1, 0.15) is 0 Å². The summed E-state index contributed by atoms with van der Waals surface area (Å²) in [6.07, 6.45) is 2.14. The number of piperidine rings is 1. The van der Waals surface area contributed by atoms with Crippen LogP contribution < -0.4 is 0 Å². The number of benzene rings is 1. The van der Waals surface area contributed by atoms with Crippen LogP contribution in [0.3, 0.4) is 0 Å². The minimum absolute atomic E-state index is 0.0983. The van der Waals surface area contributed by atoms with Gasteiger partial charge >= 0.3 is 0 Å². The maximum Gasteiger partial charge on any atom is 0.254 e. The Morgan fingerprint density at radius 3 is 2.54 bits per heavy atom. The molecule has 1 aromatic rings. The van der Waals surface area contributed by atoms with Crippen LogP contribution in [0, 0.1) is 5.92 Å². The largest absolute Gasteiger partial charge is 0.396 e. The van der Waals surface area contributed by atoms with E-state index < -0.39 is 0 Å². The van der Waals surface area contributed by atoms with Crippen molar-refractivity contribution in [3.05, 3.63) is 35.4 Å². The van der Waals surface area contributed by atoms with E-state index in [1.165, 1.54) is 5.56 Å². The molecule has 1 unspecified atom stereocenters. The number of aliphatic hydroxyl groups is 1. The van der Waals surface area contributed by atoms with Crippen LogP contribution in [0.25, 0.3) is 0 Å². The summed E-state index contributed by atoms with van der Waals surface area (Å²) in [5.74, 6) is 0.567. The SMILES string of the molecule is CC1COCCN1C(=O)c1ccc(CN2CCC(CO)CC2)cc1. The fourth-order valence-electron chi connectivity index (χ4n) is 3.53. The standard InChI is InChI=1S/C19H28N2O3/c1-15-14-24-11-10-21(15)19(23)18-4-2-16(3-5-18)12-20-8-6-17(13-22)7-9-20/h2-5,15,17,22H,6-14H2,1H3. The van der Waals surface area contributed by atoms with Crippen molar-refractivity contribution in [1.82, 2.24) is 9.80 Å². The Labute approximate surface area is 144 Å². The summed E-state index contributed by atoms with van der Waals surface area (Å²) in [4.78, 5) is 16.9. The fourth-order valence-corrected chi connectivity index (χ4v) is 3.53. The summed E-state index contributed by atoms with van der Waals surface area (Å²) in [7, 11) is 0. The van der Waals surface area contributed by atoms with Gasteiger partial charge in [0.15, 0.2) is 0 Å². The third kappa shape index (κ3) is 4.15. The van der Waals surface area contributed by atoms with Crippen LogP contribution in [0.1, 0.15) is 35.7 Å². The number of carbonyl (C=O) groups excluding carboxylic acids is 1. The molecule has 5 nitrogen and oxygen atoms in total. The third-order valence-electron chi connectivity index (χ3n) is 5.20. The molecule has 0 aliphatic carbocycles. The van der Waals surface area contributed by atoms with Crippen molar-refractivity contribution >= 4 is 5.91 Å². The molecule has 132 valence electrons. The molecule has 24 heavy (non-hydrogen) atoms. The second-order valence-electron chi connectivity index (χ2n) is 7.02. The molecule has 1 amide bonds. The first kappa shape index (κ1) is 17.4. The lowest BCUT2D eigenvalue weighted by Gasteiger charge is -2.33. The predicted molar refractivity (Wildman–Crippen MR) is 92.8 cm³/mol. The van der Waals surface area contributed by atoms with Gasteiger partial charge in [-0.05, 0) is 56.5 Å². The maximum absolute atomic E-state index is 12.6. The minimum atomic E-state index is 0.0983. The zero-order valence-electron chi connectivity index (χ0n) is 14.5. The highest BCUT2D eigenvalue weighted by atomic mass is 16.5. The second-order valence-corrected chi connectivity index (χ2v) is 7.02. The Morgan fingerprint density at radius 1 is 1.21 bits per heavy atom. The summed E-state index contributed by atoms with van der Waals surface area (Å²) in [5.41, 5.74) is 2.00. The summed E-state index contributed by atoms with van der Waals surface area (Å²) >= 11 is 0. The normalized spacial score (nSPS) is 23.4. The van der Waals surface area contributed by atoms with Gasteiger partial charge in [-0.2, -0.15) is 0 Å². The monoisotopic (exact) mass is 332 g/mol. The van der Waals surface area contributed by atoms with E-state index in [1.807, 2.05) is 24.0 Å². The third-order valence-corrected chi connectivity index (χ3v) is 5.20. The highest BCUT2D eigenvalue weighted by Crippen LogP contribution is 2.19. The van der Waals surface area contributed by atoms with Gasteiger partial charge in [-0.1, -0.05) is 12.1 Å². The van der Waals surface area contributed by atoms with E-state index in [0.29, 0.717) is 32.3 Å². The Hall–Kier alpha value is -1.43. The van der Waals surface area contributed by atoms with E-state index in [9.17, 15) is 9.90 Å². The number of amides is 1. The van der Waals surface area contributed by atoms with Crippen LogP contribution >= 0.6 is 0 Å². The van der Waals surface area contributed by atoms with Crippen molar-refractivity contribution in [2.45, 2.75) is 32.4 Å². The van der Waals surface area contributed by atoms with Gasteiger partial charge in [-0.25, -0.2) is 0 Å². The van der Waals surface area contributed by atoms with Crippen LogP contribution in [0.2, 0.25) is 0 Å². The van der Waals surface area contributed by atoms with Crippen molar-refractivity contribution in [3.63, 3.8) is 0 Å². The van der Waals surface area contributed by atoms with E-state index in [-0.39, 0.29) is 11.9 Å². The molecular weight excluding hydrogens is 304 g/mol. The van der Waals surface area contributed by atoms with Crippen LogP contribution in [0.4, 0.5) is 0 Å². The van der Waals surface area contributed by atoms with Crippen LogP contribution in [-0.2, 0) is 11.3 Å². The molecule has 5 heteroatoms. The quantitative estimate of drug-likeness (QED) is 0.913. The summed E-state index contributed by atoms with van der Waals surface area (Å²) in [5, 5.41) is 9.21. The Morgan fingerprint density at radius 2 is 1.92 bits per heavy atom. The summed E-state index contributed by atoms with van der Waals surface area (Å²) in [6.45, 7) is 7.24. The van der Waals surface area contributed by atoms with Crippen molar-refractivity contribution in [2.75, 3.05) is 39.5 Å². The van der Waals surface area contributed by atoms with Crippen LogP contribution in [-0.4, -0.2) is 66.3 Å². The number of aliphatic hydroxyl groups excluding tert-OH is 1. The number of nitrogens with zero attached hydrogens (tertiary/aromatic N) is 2. The molecular formula is C19H28N2O3. The molecule has 0 aromatic heterocycles. The van der Waals surface area contributed by atoms with Crippen molar-refractivity contribution in [3.8, 4) is 0 Å². The molecule has 3 rings (SSSR count). The van der Waals surface area contributed by atoms with Gasteiger partial charge in [0.2, 0.25) is 0 Å². The predicted octanol–water partition coefficient (Wildman–Crippen LogP) is 1.75. The molecule has 0 saturated carbocycles. The molecule has 2 aliphatic rings. The molecule has 2 aliphatic heterocycles. The molecule has 2 saturated heterocycles. The fraction of sp³-hybridized carbons (Fsp3) is 0.632. The smallest absolute Gasteiger partial charge is 0.254 e. The number of hydrogen-bond acceptors (Lipinski definition) is 4. The second kappa shape index (κ2) is 8.10. The van der Waals surface area contributed by atoms with E-state index in [0.717, 1.165) is 38.0 Å². The number of carbonyl (C=O) groups is 1. The van der Waals surface area contributed by atoms with Gasteiger partial charge in [-0.15, -0.1) is 0 Å². The molecule has 0 spiro atoms. The van der Waals surface area contributed by atoms with Gasteiger partial charge in [-0.3, -0.25) is 9.69 Å². The first-order valence-corrected chi connectivity index (χ1v) is 8.98. The molecule has 1 aromatic carbocycles. The highest BCUT2D eigenvalue weighted by molar-refractivity contribution is 5.94. The zero-order chi connectivity index (χ0) is 16.9. The molecule has 0 bridgehead atoms. The Kier molecular flexibility index (Phi) is 5.87. The number of morpholine rings is 1. The molecule has 2 heterocycles.